The number of aromatic nitrogens is 2. The van der Waals surface area contributed by atoms with Crippen molar-refractivity contribution in [1.29, 1.82) is 0 Å². The number of nitrogens with zero attached hydrogens (tertiary/aromatic N) is 2. The number of carboxylic acids is 1. The first-order chi connectivity index (χ1) is 8.02. The molecule has 6 heteroatoms. The molecule has 0 aromatic carbocycles. The van der Waals surface area contributed by atoms with Crippen LogP contribution < -0.4 is 0 Å². The summed E-state index contributed by atoms with van der Waals surface area (Å²) in [6, 6.07) is 0. The highest BCUT2D eigenvalue weighted by Gasteiger charge is 2.22. The lowest BCUT2D eigenvalue weighted by Crippen LogP contribution is -1.98. The van der Waals surface area contributed by atoms with Crippen molar-refractivity contribution in [2.75, 3.05) is 0 Å². The molecule has 2 rings (SSSR count). The van der Waals surface area contributed by atoms with E-state index in [9.17, 15) is 4.79 Å². The predicted molar refractivity (Wildman–Crippen MR) is 57.8 cm³/mol. The molecule has 0 aliphatic carbocycles. The summed E-state index contributed by atoms with van der Waals surface area (Å²) in [6.07, 6.45) is 0.483. The highest BCUT2D eigenvalue weighted by Crippen LogP contribution is 2.26. The molecule has 0 amide bonds. The second kappa shape index (κ2) is 4.04. The lowest BCUT2D eigenvalue weighted by atomic mass is 10.3. The van der Waals surface area contributed by atoms with Crippen LogP contribution in [0.15, 0.2) is 8.83 Å². The summed E-state index contributed by atoms with van der Waals surface area (Å²) in [5.74, 6) is -0.238. The first-order valence-corrected chi connectivity index (χ1v) is 5.20. The first-order valence-electron chi connectivity index (χ1n) is 5.20. The molecule has 0 unspecified atom stereocenters. The molecule has 1 N–H and O–H groups in total. The minimum absolute atomic E-state index is 0.143. The Balaban J connectivity index is 2.53. The average molecular weight is 236 g/mol. The zero-order valence-corrected chi connectivity index (χ0v) is 9.77. The Morgan fingerprint density at radius 2 is 2.00 bits per heavy atom. The highest BCUT2D eigenvalue weighted by molar-refractivity contribution is 5.86. The molecule has 0 aliphatic rings. The number of aromatic carboxylic acids is 1. The maximum absolute atomic E-state index is 10.9. The van der Waals surface area contributed by atoms with Gasteiger partial charge in [0.05, 0.1) is 11.4 Å². The summed E-state index contributed by atoms with van der Waals surface area (Å²) in [4.78, 5) is 19.1. The Morgan fingerprint density at radius 3 is 2.41 bits per heavy atom. The predicted octanol–water partition coefficient (Wildman–Crippen LogP) is 2.21. The number of rotatable bonds is 3. The third-order valence-electron chi connectivity index (χ3n) is 2.32. The van der Waals surface area contributed by atoms with E-state index in [4.69, 9.17) is 13.9 Å². The summed E-state index contributed by atoms with van der Waals surface area (Å²) in [7, 11) is 0. The maximum Gasteiger partial charge on any atom is 0.373 e. The normalized spacial score (nSPS) is 10.8. The topological polar surface area (TPSA) is 89.4 Å². The van der Waals surface area contributed by atoms with Gasteiger partial charge in [0.15, 0.2) is 5.89 Å². The molecule has 0 saturated carbocycles. The van der Waals surface area contributed by atoms with Gasteiger partial charge in [-0.2, -0.15) is 0 Å². The van der Waals surface area contributed by atoms with E-state index in [-0.39, 0.29) is 11.7 Å². The van der Waals surface area contributed by atoms with E-state index in [1.165, 1.54) is 0 Å². The van der Waals surface area contributed by atoms with Crippen molar-refractivity contribution >= 4 is 5.97 Å². The van der Waals surface area contributed by atoms with Crippen LogP contribution in [0.25, 0.3) is 11.7 Å². The van der Waals surface area contributed by atoms with Gasteiger partial charge in [-0.15, -0.1) is 0 Å². The Kier molecular flexibility index (Phi) is 2.71. The molecule has 2 heterocycles. The molecule has 2 aromatic heterocycles. The van der Waals surface area contributed by atoms with Gasteiger partial charge in [-0.3, -0.25) is 0 Å². The van der Waals surface area contributed by atoms with E-state index < -0.39 is 5.97 Å². The lowest BCUT2D eigenvalue weighted by Gasteiger charge is -1.89. The van der Waals surface area contributed by atoms with Crippen molar-refractivity contribution in [2.24, 2.45) is 0 Å². The van der Waals surface area contributed by atoms with Crippen molar-refractivity contribution in [1.82, 2.24) is 9.97 Å². The van der Waals surface area contributed by atoms with Crippen molar-refractivity contribution in [3.8, 4) is 11.7 Å². The smallest absolute Gasteiger partial charge is 0.373 e. The third kappa shape index (κ3) is 1.93. The van der Waals surface area contributed by atoms with E-state index in [1.54, 1.807) is 13.8 Å². The minimum atomic E-state index is -1.13. The molecule has 0 saturated heterocycles. The van der Waals surface area contributed by atoms with Crippen LogP contribution in [0.3, 0.4) is 0 Å². The molecular weight excluding hydrogens is 224 g/mol. The van der Waals surface area contributed by atoms with Crippen LogP contribution in [-0.4, -0.2) is 21.0 Å². The zero-order valence-electron chi connectivity index (χ0n) is 9.77. The van der Waals surface area contributed by atoms with E-state index in [1.807, 2.05) is 6.92 Å². The second-order valence-electron chi connectivity index (χ2n) is 3.60. The molecule has 0 atom stereocenters. The van der Waals surface area contributed by atoms with Gasteiger partial charge in [0.25, 0.3) is 5.89 Å². The number of carbonyl (C=O) groups is 1. The van der Waals surface area contributed by atoms with Crippen LogP contribution in [-0.2, 0) is 6.42 Å². The first kappa shape index (κ1) is 11.4. The number of carboxylic acid groups (broad SMARTS) is 1. The van der Waals surface area contributed by atoms with E-state index in [2.05, 4.69) is 9.97 Å². The molecule has 90 valence electrons. The summed E-state index contributed by atoms with van der Waals surface area (Å²) in [5, 5.41) is 8.95. The van der Waals surface area contributed by atoms with Gasteiger partial charge in [0, 0.05) is 6.92 Å². The molecule has 0 aliphatic heterocycles. The van der Waals surface area contributed by atoms with Gasteiger partial charge in [-0.1, -0.05) is 6.92 Å². The molecule has 0 fully saturated rings. The molecule has 2 aromatic rings. The Morgan fingerprint density at radius 1 is 1.29 bits per heavy atom. The summed E-state index contributed by atoms with van der Waals surface area (Å²) < 4.78 is 10.5. The van der Waals surface area contributed by atoms with Crippen LogP contribution >= 0.6 is 0 Å². The van der Waals surface area contributed by atoms with Crippen molar-refractivity contribution in [3.63, 3.8) is 0 Å². The van der Waals surface area contributed by atoms with Crippen molar-refractivity contribution < 1.29 is 18.7 Å². The summed E-state index contributed by atoms with van der Waals surface area (Å²) in [6.45, 7) is 5.27. The van der Waals surface area contributed by atoms with E-state index in [0.717, 1.165) is 0 Å². The second-order valence-corrected chi connectivity index (χ2v) is 3.60. The van der Waals surface area contributed by atoms with Gasteiger partial charge in [-0.25, -0.2) is 14.8 Å². The van der Waals surface area contributed by atoms with Gasteiger partial charge in [0.2, 0.25) is 11.5 Å². The number of aryl methyl sites for hydroxylation is 3. The average Bonchev–Trinajstić information content (AvgIpc) is 2.81. The Labute approximate surface area is 97.3 Å². The fraction of sp³-hybridized carbons (Fsp3) is 0.364. The van der Waals surface area contributed by atoms with Crippen LogP contribution in [0.5, 0.6) is 0 Å². The van der Waals surface area contributed by atoms with Gasteiger partial charge in [-0.05, 0) is 13.3 Å². The van der Waals surface area contributed by atoms with E-state index in [0.29, 0.717) is 29.5 Å². The summed E-state index contributed by atoms with van der Waals surface area (Å²) >= 11 is 0. The fourth-order valence-electron chi connectivity index (χ4n) is 1.59. The summed E-state index contributed by atoms with van der Waals surface area (Å²) in [5.41, 5.74) is 1.03. The van der Waals surface area contributed by atoms with Crippen LogP contribution in [0.2, 0.25) is 0 Å². The van der Waals surface area contributed by atoms with Gasteiger partial charge >= 0.3 is 5.97 Å². The van der Waals surface area contributed by atoms with Gasteiger partial charge < -0.3 is 13.9 Å². The van der Waals surface area contributed by atoms with Crippen molar-refractivity contribution in [3.05, 3.63) is 23.0 Å². The van der Waals surface area contributed by atoms with E-state index >= 15 is 0 Å². The van der Waals surface area contributed by atoms with Crippen LogP contribution in [0.4, 0.5) is 0 Å². The Bertz CT molecular complexity index is 568. The number of oxazole rings is 2. The maximum atomic E-state index is 10.9. The van der Waals surface area contributed by atoms with Crippen LogP contribution in [0.1, 0.15) is 34.8 Å². The standard InChI is InChI=1S/C11H12N2O4/c1-4-7-9(11(14)15)17-10(13-7)8-5(2)12-6(3)16-8/h4H2,1-3H3,(H,14,15). The van der Waals surface area contributed by atoms with Crippen molar-refractivity contribution in [2.45, 2.75) is 27.2 Å². The molecule has 6 nitrogen and oxygen atoms in total. The molecule has 0 bridgehead atoms. The molecular formula is C11H12N2O4. The van der Waals surface area contributed by atoms with Crippen LogP contribution in [0, 0.1) is 13.8 Å². The number of hydrogen-bond donors (Lipinski definition) is 1. The quantitative estimate of drug-likeness (QED) is 0.878. The SMILES string of the molecule is CCc1nc(-c2oc(C)nc2C)oc1C(=O)O. The zero-order chi connectivity index (χ0) is 12.6. The largest absolute Gasteiger partial charge is 0.475 e. The highest BCUT2D eigenvalue weighted by atomic mass is 16.4. The Hall–Kier alpha value is -2.11. The molecule has 0 radical (unpaired) electrons. The molecule has 0 spiro atoms. The third-order valence-corrected chi connectivity index (χ3v) is 2.32. The fourth-order valence-corrected chi connectivity index (χ4v) is 1.59. The monoisotopic (exact) mass is 236 g/mol. The lowest BCUT2D eigenvalue weighted by molar-refractivity contribution is 0.0661. The van der Waals surface area contributed by atoms with Gasteiger partial charge in [0.1, 0.15) is 0 Å². The number of hydrogen-bond acceptors (Lipinski definition) is 5. The molecule has 17 heavy (non-hydrogen) atoms. The minimum Gasteiger partial charge on any atom is -0.475 e.